The highest BCUT2D eigenvalue weighted by atomic mass is 19.1. The molecule has 0 saturated carbocycles. The van der Waals surface area contributed by atoms with E-state index in [0.717, 1.165) is 11.3 Å². The predicted octanol–water partition coefficient (Wildman–Crippen LogP) is 5.13. The van der Waals surface area contributed by atoms with Gasteiger partial charge in [0.2, 0.25) is 0 Å². The van der Waals surface area contributed by atoms with Crippen molar-refractivity contribution >= 4 is 17.5 Å². The van der Waals surface area contributed by atoms with Crippen molar-refractivity contribution < 1.29 is 18.7 Å². The van der Waals surface area contributed by atoms with E-state index in [4.69, 9.17) is 9.47 Å². The van der Waals surface area contributed by atoms with Crippen LogP contribution in [0.4, 0.5) is 10.1 Å². The molecule has 1 saturated heterocycles. The van der Waals surface area contributed by atoms with Gasteiger partial charge in [-0.1, -0.05) is 30.4 Å². The van der Waals surface area contributed by atoms with Crippen molar-refractivity contribution in [2.24, 2.45) is 5.41 Å². The molecule has 0 aliphatic carbocycles. The van der Waals surface area contributed by atoms with E-state index in [1.807, 2.05) is 41.3 Å². The summed E-state index contributed by atoms with van der Waals surface area (Å²) >= 11 is 0. The second kappa shape index (κ2) is 8.87. The largest absolute Gasteiger partial charge is 0.497 e. The van der Waals surface area contributed by atoms with Gasteiger partial charge in [-0.3, -0.25) is 4.79 Å². The predicted molar refractivity (Wildman–Crippen MR) is 132 cm³/mol. The minimum Gasteiger partial charge on any atom is -0.497 e. The SMILES string of the molecule is COc1cc(OC)cc([C@@H]2[C@H](C(=O)c3ccc(F)cc3)N3c4ccccc4C=C[C@H]3C2(C#N)C#N)c1. The lowest BCUT2D eigenvalue weighted by molar-refractivity contribution is 0.0950. The Balaban J connectivity index is 1.80. The van der Waals surface area contributed by atoms with E-state index in [-0.39, 0.29) is 5.78 Å². The first-order chi connectivity index (χ1) is 17.5. The molecule has 2 heterocycles. The highest BCUT2D eigenvalue weighted by molar-refractivity contribution is 6.04. The van der Waals surface area contributed by atoms with Crippen molar-refractivity contribution in [3.63, 3.8) is 0 Å². The Morgan fingerprint density at radius 2 is 1.61 bits per heavy atom. The van der Waals surface area contributed by atoms with Crippen LogP contribution in [0.25, 0.3) is 6.08 Å². The monoisotopic (exact) mass is 479 g/mol. The van der Waals surface area contributed by atoms with Crippen LogP contribution in [-0.4, -0.2) is 32.1 Å². The molecule has 36 heavy (non-hydrogen) atoms. The zero-order valence-electron chi connectivity index (χ0n) is 19.7. The van der Waals surface area contributed by atoms with E-state index < -0.39 is 29.2 Å². The van der Waals surface area contributed by atoms with Crippen molar-refractivity contribution in [3.8, 4) is 23.6 Å². The van der Waals surface area contributed by atoms with Crippen molar-refractivity contribution in [3.05, 3.63) is 95.3 Å². The minimum absolute atomic E-state index is 0.290. The van der Waals surface area contributed by atoms with E-state index in [9.17, 15) is 19.7 Å². The summed E-state index contributed by atoms with van der Waals surface area (Å²) in [4.78, 5) is 16.0. The summed E-state index contributed by atoms with van der Waals surface area (Å²) in [5.41, 5.74) is 0.868. The molecule has 3 atom stereocenters. The quantitative estimate of drug-likeness (QED) is 0.472. The molecular formula is C29H22FN3O3. The third kappa shape index (κ3) is 3.40. The number of ketones is 1. The summed E-state index contributed by atoms with van der Waals surface area (Å²) in [6.45, 7) is 0. The van der Waals surface area contributed by atoms with Gasteiger partial charge in [-0.2, -0.15) is 10.5 Å². The third-order valence-corrected chi connectivity index (χ3v) is 7.05. The average Bonchev–Trinajstić information content (AvgIpc) is 3.23. The molecule has 0 unspecified atom stereocenters. The Bertz CT molecular complexity index is 1420. The molecular weight excluding hydrogens is 457 g/mol. The van der Waals surface area contributed by atoms with Crippen molar-refractivity contribution in [2.75, 3.05) is 19.1 Å². The van der Waals surface area contributed by atoms with Crippen LogP contribution in [0.2, 0.25) is 0 Å². The number of Topliss-reactive ketones (excluding diaryl/α,β-unsaturated/α-hetero) is 1. The molecule has 2 aliphatic rings. The van der Waals surface area contributed by atoms with Gasteiger partial charge in [0.25, 0.3) is 0 Å². The van der Waals surface area contributed by atoms with Gasteiger partial charge in [0.15, 0.2) is 11.2 Å². The molecule has 0 amide bonds. The van der Waals surface area contributed by atoms with Crippen molar-refractivity contribution in [1.29, 1.82) is 10.5 Å². The Kier molecular flexibility index (Phi) is 5.70. The molecule has 0 bridgehead atoms. The first-order valence-electron chi connectivity index (χ1n) is 11.4. The van der Waals surface area contributed by atoms with E-state index in [0.29, 0.717) is 22.6 Å². The van der Waals surface area contributed by atoms with Gasteiger partial charge >= 0.3 is 0 Å². The lowest BCUT2D eigenvalue weighted by Gasteiger charge is -2.35. The average molecular weight is 480 g/mol. The minimum atomic E-state index is -1.61. The van der Waals surface area contributed by atoms with Crippen molar-refractivity contribution in [2.45, 2.75) is 18.0 Å². The Morgan fingerprint density at radius 3 is 2.22 bits per heavy atom. The van der Waals surface area contributed by atoms with Crippen LogP contribution in [0, 0.1) is 33.9 Å². The second-order valence-electron chi connectivity index (χ2n) is 8.80. The summed E-state index contributed by atoms with van der Waals surface area (Å²) < 4.78 is 24.6. The standard InChI is InChI=1S/C29H22FN3O3/c1-35-22-13-20(14-23(15-22)36-2)26-27(28(34)19-7-10-21(30)11-8-19)33-24-6-4-3-5-18(24)9-12-25(33)29(26,16-31)17-32/h3-15,25-27H,1-2H3/t25-,26+,27+/m0/s1. The first kappa shape index (κ1) is 23.1. The smallest absolute Gasteiger partial charge is 0.185 e. The normalized spacial score (nSPS) is 21.0. The number of methoxy groups -OCH3 is 2. The van der Waals surface area contributed by atoms with Crippen LogP contribution in [0.3, 0.4) is 0 Å². The topological polar surface area (TPSA) is 86.3 Å². The number of nitriles is 2. The second-order valence-corrected chi connectivity index (χ2v) is 8.80. The Hall–Kier alpha value is -4.62. The highest BCUT2D eigenvalue weighted by Gasteiger charge is 2.63. The number of hydrogen-bond acceptors (Lipinski definition) is 6. The molecule has 178 valence electrons. The van der Waals surface area contributed by atoms with E-state index >= 15 is 0 Å². The van der Waals surface area contributed by atoms with Crippen LogP contribution in [-0.2, 0) is 0 Å². The van der Waals surface area contributed by atoms with Crippen molar-refractivity contribution in [1.82, 2.24) is 0 Å². The molecule has 0 aromatic heterocycles. The van der Waals surface area contributed by atoms with Gasteiger partial charge in [-0.05, 0) is 53.6 Å². The van der Waals surface area contributed by atoms with Crippen LogP contribution in [0.15, 0.2) is 72.8 Å². The number of halogens is 1. The molecule has 0 N–H and O–H groups in total. The third-order valence-electron chi connectivity index (χ3n) is 7.05. The number of fused-ring (bicyclic) bond motifs is 3. The molecule has 6 nitrogen and oxygen atoms in total. The number of benzene rings is 3. The molecule has 7 heteroatoms. The Labute approximate surface area is 208 Å². The Morgan fingerprint density at radius 1 is 0.972 bits per heavy atom. The van der Waals surface area contributed by atoms with Crippen LogP contribution < -0.4 is 14.4 Å². The number of para-hydroxylation sites is 1. The number of ether oxygens (including phenoxy) is 2. The molecule has 1 fully saturated rings. The van der Waals surface area contributed by atoms with Gasteiger partial charge in [0, 0.05) is 23.2 Å². The number of anilines is 1. The van der Waals surface area contributed by atoms with Gasteiger partial charge in [0.05, 0.1) is 32.4 Å². The molecule has 3 aromatic rings. The van der Waals surface area contributed by atoms with Gasteiger partial charge in [-0.25, -0.2) is 4.39 Å². The number of carbonyl (C=O) groups is 1. The lowest BCUT2D eigenvalue weighted by Crippen LogP contribution is -2.44. The van der Waals surface area contributed by atoms with Crippen LogP contribution in [0.5, 0.6) is 11.5 Å². The molecule has 2 aliphatic heterocycles. The number of nitrogens with zero attached hydrogens (tertiary/aromatic N) is 3. The number of carbonyl (C=O) groups excluding carboxylic acids is 1. The van der Waals surface area contributed by atoms with E-state index in [2.05, 4.69) is 12.1 Å². The molecule has 0 radical (unpaired) electrons. The fraction of sp³-hybridized carbons (Fsp3) is 0.207. The maximum atomic E-state index is 14.2. The fourth-order valence-electron chi connectivity index (χ4n) is 5.40. The molecule has 0 spiro atoms. The van der Waals surface area contributed by atoms with Gasteiger partial charge in [-0.15, -0.1) is 0 Å². The lowest BCUT2D eigenvalue weighted by atomic mass is 9.69. The first-order valence-corrected chi connectivity index (χ1v) is 11.4. The van der Waals surface area contributed by atoms with Gasteiger partial charge in [0.1, 0.15) is 23.4 Å². The zero-order valence-corrected chi connectivity index (χ0v) is 19.7. The summed E-state index contributed by atoms with van der Waals surface area (Å²) in [6.07, 6.45) is 3.70. The number of hydrogen-bond donors (Lipinski definition) is 0. The van der Waals surface area contributed by atoms with Crippen LogP contribution >= 0.6 is 0 Å². The molecule has 3 aromatic carbocycles. The van der Waals surface area contributed by atoms with Gasteiger partial charge < -0.3 is 14.4 Å². The maximum absolute atomic E-state index is 14.2. The van der Waals surface area contributed by atoms with E-state index in [1.165, 1.54) is 38.5 Å². The van der Waals surface area contributed by atoms with E-state index in [1.54, 1.807) is 18.2 Å². The zero-order chi connectivity index (χ0) is 25.4. The highest BCUT2D eigenvalue weighted by Crippen LogP contribution is 2.56. The summed E-state index contributed by atoms with van der Waals surface area (Å²) in [6, 6.07) is 21.0. The summed E-state index contributed by atoms with van der Waals surface area (Å²) in [5.74, 6) is -0.690. The number of rotatable bonds is 5. The summed E-state index contributed by atoms with van der Waals surface area (Å²) in [5, 5.41) is 21.1. The molecule has 5 rings (SSSR count). The van der Waals surface area contributed by atoms with Crippen LogP contribution in [0.1, 0.15) is 27.4 Å². The maximum Gasteiger partial charge on any atom is 0.185 e. The fourth-order valence-corrected chi connectivity index (χ4v) is 5.40. The summed E-state index contributed by atoms with van der Waals surface area (Å²) in [7, 11) is 3.02.